The fourth-order valence-electron chi connectivity index (χ4n) is 7.93. The Balaban J connectivity index is 1.65. The average molecular weight is 670 g/mol. The number of hydrogen-bond acceptors (Lipinski definition) is 9. The summed E-state index contributed by atoms with van der Waals surface area (Å²) in [7, 11) is 3.12. The third-order valence-electron chi connectivity index (χ3n) is 10.1. The highest BCUT2D eigenvalue weighted by Crippen LogP contribution is 2.47. The van der Waals surface area contributed by atoms with E-state index >= 15 is 0 Å². The van der Waals surface area contributed by atoms with Gasteiger partial charge in [-0.25, -0.2) is 0 Å². The second-order valence-electron chi connectivity index (χ2n) is 13.4. The number of aromatic hydroxyl groups is 1. The van der Waals surface area contributed by atoms with Gasteiger partial charge in [-0.05, 0) is 98.4 Å². The molecule has 0 aromatic heterocycles. The maximum atomic E-state index is 14.3. The first kappa shape index (κ1) is 35.8. The zero-order valence-electron chi connectivity index (χ0n) is 28.9. The van der Waals surface area contributed by atoms with Gasteiger partial charge in [0.25, 0.3) is 5.91 Å². The minimum atomic E-state index is -2.73. The van der Waals surface area contributed by atoms with Crippen molar-refractivity contribution >= 4 is 34.0 Å². The Morgan fingerprint density at radius 1 is 0.898 bits per heavy atom. The first-order chi connectivity index (χ1) is 23.3. The lowest BCUT2D eigenvalue weighted by Crippen LogP contribution is -2.62. The molecule has 3 aromatic carbocycles. The molecule has 0 unspecified atom stereocenters. The average Bonchev–Trinajstić information content (AvgIpc) is 3.06. The molecule has 5 rings (SSSR count). The minimum absolute atomic E-state index is 0.0361. The Morgan fingerprint density at radius 2 is 1.53 bits per heavy atom. The molecule has 2 aliphatic rings. The van der Waals surface area contributed by atoms with Gasteiger partial charge >= 0.3 is 0 Å². The lowest BCUT2D eigenvalue weighted by molar-refractivity contribution is -0.148. The van der Waals surface area contributed by atoms with Crippen molar-refractivity contribution in [1.29, 1.82) is 0 Å². The number of phenols is 1. The molecule has 0 saturated carbocycles. The molecule has 0 saturated heterocycles. The van der Waals surface area contributed by atoms with E-state index in [9.17, 15) is 34.8 Å². The molecule has 2 aliphatic carbocycles. The summed E-state index contributed by atoms with van der Waals surface area (Å²) in [5.41, 5.74) is 5.25. The van der Waals surface area contributed by atoms with Crippen molar-refractivity contribution in [3.05, 3.63) is 82.1 Å². The third-order valence-corrected chi connectivity index (χ3v) is 10.1. The van der Waals surface area contributed by atoms with E-state index in [0.29, 0.717) is 5.56 Å². The van der Waals surface area contributed by atoms with Crippen molar-refractivity contribution in [2.24, 2.45) is 11.7 Å². The Hall–Kier alpha value is -4.51. The minimum Gasteiger partial charge on any atom is -0.508 e. The highest BCUT2D eigenvalue weighted by atomic mass is 16.3. The first-order valence-corrected chi connectivity index (χ1v) is 17.0. The van der Waals surface area contributed by atoms with Crippen LogP contribution >= 0.6 is 0 Å². The number of nitrogens with zero attached hydrogens (tertiary/aromatic N) is 2. The number of rotatable bonds is 12. The number of ketones is 2. The molecule has 0 spiro atoms. The molecule has 6 N–H and O–H groups in total. The van der Waals surface area contributed by atoms with Crippen LogP contribution in [0.5, 0.6) is 5.75 Å². The number of likely N-dealkylation sites (N-methyl/N-ethyl adjacent to an activating group) is 1. The molecule has 0 radical (unpaired) electrons. The summed E-state index contributed by atoms with van der Waals surface area (Å²) < 4.78 is 0. The number of benzene rings is 3. The number of hydrogen-bond donors (Lipinski definition) is 5. The van der Waals surface area contributed by atoms with Gasteiger partial charge in [0.1, 0.15) is 22.8 Å². The maximum absolute atomic E-state index is 14.3. The zero-order chi connectivity index (χ0) is 35.8. The van der Waals surface area contributed by atoms with E-state index in [4.69, 9.17) is 5.73 Å². The summed E-state index contributed by atoms with van der Waals surface area (Å²) in [6.45, 7) is 8.82. The standard InChI is InChI=1S/C39H47N3O7/c1-6-19-42(20-7-2)21-22-13-14-25(24-12-10-9-11-23(22)24)26-17-18-30(43)31-27(26)15-16-28(34(31)44)36(46)39(49)29(8-3)33(41(4)5)35(45)32(37(39)47)38(40)48/h9-14,17-18,29,33,43-44,47,49H,6-8,15-16,19-21H2,1-5H3,(H2,40,48)/t29-,33-,39-/m0/s1. The number of aliphatic hydroxyl groups excluding tert-OH is 2. The van der Waals surface area contributed by atoms with Gasteiger partial charge in [-0.3, -0.25) is 24.2 Å². The molecule has 0 heterocycles. The van der Waals surface area contributed by atoms with Gasteiger partial charge in [0, 0.05) is 18.0 Å². The van der Waals surface area contributed by atoms with Crippen molar-refractivity contribution in [2.75, 3.05) is 27.2 Å². The lowest BCUT2D eigenvalue weighted by Gasteiger charge is -2.44. The van der Waals surface area contributed by atoms with Crippen molar-refractivity contribution in [1.82, 2.24) is 9.80 Å². The molecule has 260 valence electrons. The number of phenolic OH excluding ortho intramolecular Hbond substituents is 1. The maximum Gasteiger partial charge on any atom is 0.255 e. The van der Waals surface area contributed by atoms with Gasteiger partial charge in [0.05, 0.1) is 11.6 Å². The summed E-state index contributed by atoms with van der Waals surface area (Å²) in [6.07, 6.45) is 2.38. The number of carbonyl (C=O) groups is 3. The Bertz CT molecular complexity index is 1870. The number of primary amides is 1. The predicted molar refractivity (Wildman–Crippen MR) is 190 cm³/mol. The summed E-state index contributed by atoms with van der Waals surface area (Å²) in [6, 6.07) is 14.5. The van der Waals surface area contributed by atoms with Crippen LogP contribution in [-0.4, -0.2) is 86.5 Å². The predicted octanol–water partition coefficient (Wildman–Crippen LogP) is 5.19. The summed E-state index contributed by atoms with van der Waals surface area (Å²) >= 11 is 0. The van der Waals surface area contributed by atoms with Crippen LogP contribution < -0.4 is 5.73 Å². The molecular formula is C39H47N3O7. The fourth-order valence-corrected chi connectivity index (χ4v) is 7.93. The quantitative estimate of drug-likeness (QED) is 0.163. The smallest absolute Gasteiger partial charge is 0.255 e. The van der Waals surface area contributed by atoms with E-state index < -0.39 is 52.1 Å². The van der Waals surface area contributed by atoms with Crippen molar-refractivity contribution < 1.29 is 34.8 Å². The number of aliphatic hydroxyl groups is 3. The highest BCUT2D eigenvalue weighted by Gasteiger charge is 2.59. The molecule has 0 bridgehead atoms. The molecule has 49 heavy (non-hydrogen) atoms. The fraction of sp³-hybridized carbons (Fsp3) is 0.410. The Labute approximate surface area is 287 Å². The SMILES string of the molecule is CCCN(CCC)Cc1ccc(-c2ccc(O)c3c2CCC(C(=O)[C@]2(O)C(O)=C(C(N)=O)C(=O)[C@@H](N(C)C)[C@@H]2CC)=C3O)c2ccccc12. The summed E-state index contributed by atoms with van der Waals surface area (Å²) in [4.78, 5) is 43.9. The van der Waals surface area contributed by atoms with Gasteiger partial charge in [-0.15, -0.1) is 0 Å². The largest absolute Gasteiger partial charge is 0.508 e. The second kappa shape index (κ2) is 14.2. The molecule has 3 aromatic rings. The van der Waals surface area contributed by atoms with E-state index in [-0.39, 0.29) is 36.1 Å². The van der Waals surface area contributed by atoms with Crippen LogP contribution in [0.2, 0.25) is 0 Å². The molecule has 0 fully saturated rings. The molecule has 10 heteroatoms. The van der Waals surface area contributed by atoms with E-state index in [1.54, 1.807) is 27.1 Å². The molecular weight excluding hydrogens is 622 g/mol. The lowest BCUT2D eigenvalue weighted by atomic mass is 9.66. The molecule has 10 nitrogen and oxygen atoms in total. The summed E-state index contributed by atoms with van der Waals surface area (Å²) in [5, 5.41) is 48.2. The van der Waals surface area contributed by atoms with Gasteiger partial charge in [-0.2, -0.15) is 0 Å². The van der Waals surface area contributed by atoms with Crippen LogP contribution in [0.1, 0.15) is 63.1 Å². The molecule has 0 aliphatic heterocycles. The van der Waals surface area contributed by atoms with Crippen LogP contribution in [0.25, 0.3) is 27.7 Å². The van der Waals surface area contributed by atoms with Crippen LogP contribution in [0, 0.1) is 5.92 Å². The van der Waals surface area contributed by atoms with Crippen LogP contribution in [0.3, 0.4) is 0 Å². The zero-order valence-corrected chi connectivity index (χ0v) is 28.9. The number of amides is 1. The molecule has 3 atom stereocenters. The van der Waals surface area contributed by atoms with E-state index in [0.717, 1.165) is 54.4 Å². The second-order valence-corrected chi connectivity index (χ2v) is 13.4. The van der Waals surface area contributed by atoms with Crippen LogP contribution in [-0.2, 0) is 27.3 Å². The van der Waals surface area contributed by atoms with Crippen LogP contribution in [0.15, 0.2) is 65.4 Å². The first-order valence-electron chi connectivity index (χ1n) is 17.0. The Kier molecular flexibility index (Phi) is 10.3. The summed E-state index contributed by atoms with van der Waals surface area (Å²) in [5.74, 6) is -6.19. The van der Waals surface area contributed by atoms with Crippen LogP contribution in [0.4, 0.5) is 0 Å². The third kappa shape index (κ3) is 6.02. The van der Waals surface area contributed by atoms with E-state index in [1.165, 1.54) is 16.5 Å². The number of carbonyl (C=O) groups excluding carboxylic acids is 3. The van der Waals surface area contributed by atoms with E-state index in [2.05, 4.69) is 43.0 Å². The number of Topliss-reactive ketones (excluding diaryl/α,β-unsaturated/α-hetero) is 2. The van der Waals surface area contributed by atoms with Crippen molar-refractivity contribution in [3.8, 4) is 16.9 Å². The van der Waals surface area contributed by atoms with E-state index in [1.807, 2.05) is 12.1 Å². The van der Waals surface area contributed by atoms with Gasteiger partial charge in [-0.1, -0.05) is 63.2 Å². The number of fused-ring (bicyclic) bond motifs is 2. The monoisotopic (exact) mass is 669 g/mol. The topological polar surface area (TPSA) is 165 Å². The van der Waals surface area contributed by atoms with Crippen molar-refractivity contribution in [2.45, 2.75) is 71.1 Å². The number of nitrogens with two attached hydrogens (primary N) is 1. The normalized spacial score (nSPS) is 21.2. The Morgan fingerprint density at radius 3 is 2.12 bits per heavy atom. The highest BCUT2D eigenvalue weighted by molar-refractivity contribution is 6.24. The van der Waals surface area contributed by atoms with Gasteiger partial charge in [0.15, 0.2) is 11.4 Å². The van der Waals surface area contributed by atoms with Gasteiger partial charge in [0.2, 0.25) is 5.78 Å². The molecule has 1 amide bonds. The van der Waals surface area contributed by atoms with Gasteiger partial charge < -0.3 is 26.2 Å². The van der Waals surface area contributed by atoms with Crippen molar-refractivity contribution in [3.63, 3.8) is 0 Å².